The van der Waals surface area contributed by atoms with Gasteiger partial charge in [0.05, 0.1) is 6.54 Å². The largest absolute Gasteiger partial charge is 0.440 e. The number of aromatic nitrogens is 1. The molecular formula is C23H26FN3O2. The van der Waals surface area contributed by atoms with Crippen molar-refractivity contribution in [3.05, 3.63) is 65.8 Å². The lowest BCUT2D eigenvalue weighted by Crippen LogP contribution is -2.43. The van der Waals surface area contributed by atoms with Crippen LogP contribution in [0, 0.1) is 5.82 Å². The predicted molar refractivity (Wildman–Crippen MR) is 110 cm³/mol. The van der Waals surface area contributed by atoms with Gasteiger partial charge in [0.25, 0.3) is 0 Å². The van der Waals surface area contributed by atoms with Crippen LogP contribution in [0.2, 0.25) is 0 Å². The molecule has 0 aliphatic carbocycles. The number of para-hydroxylation sites is 2. The molecule has 0 radical (unpaired) electrons. The first kappa shape index (κ1) is 19.6. The van der Waals surface area contributed by atoms with E-state index in [1.54, 1.807) is 11.0 Å². The molecule has 2 heterocycles. The van der Waals surface area contributed by atoms with Crippen LogP contribution in [-0.4, -0.2) is 46.9 Å². The van der Waals surface area contributed by atoms with Crippen molar-refractivity contribution in [2.45, 2.75) is 32.2 Å². The van der Waals surface area contributed by atoms with E-state index in [0.29, 0.717) is 25.6 Å². The van der Waals surface area contributed by atoms with Crippen LogP contribution in [0.5, 0.6) is 0 Å². The van der Waals surface area contributed by atoms with E-state index in [9.17, 15) is 9.18 Å². The number of halogens is 1. The number of piperidine rings is 1. The lowest BCUT2D eigenvalue weighted by Gasteiger charge is -2.32. The molecule has 152 valence electrons. The lowest BCUT2D eigenvalue weighted by atomic mass is 9.97. The third kappa shape index (κ3) is 4.65. The zero-order chi connectivity index (χ0) is 20.2. The van der Waals surface area contributed by atoms with Gasteiger partial charge in [0.15, 0.2) is 11.5 Å². The molecular weight excluding hydrogens is 369 g/mol. The first-order valence-electron chi connectivity index (χ1n) is 10.2. The maximum absolute atomic E-state index is 13.4. The van der Waals surface area contributed by atoms with E-state index in [4.69, 9.17) is 4.42 Å². The van der Waals surface area contributed by atoms with E-state index in [-0.39, 0.29) is 11.7 Å². The molecule has 4 rings (SSSR count). The van der Waals surface area contributed by atoms with Gasteiger partial charge in [-0.2, -0.15) is 0 Å². The number of benzene rings is 2. The van der Waals surface area contributed by atoms with Gasteiger partial charge in [-0.25, -0.2) is 9.37 Å². The monoisotopic (exact) mass is 395 g/mol. The van der Waals surface area contributed by atoms with Crippen LogP contribution >= 0.6 is 0 Å². The van der Waals surface area contributed by atoms with Gasteiger partial charge < -0.3 is 9.32 Å². The number of carbonyl (C=O) groups excluding carboxylic acids is 1. The van der Waals surface area contributed by atoms with Crippen LogP contribution in [0.25, 0.3) is 11.1 Å². The van der Waals surface area contributed by atoms with Crippen molar-refractivity contribution in [2.75, 3.05) is 26.2 Å². The molecule has 2 aromatic carbocycles. The summed E-state index contributed by atoms with van der Waals surface area (Å²) in [6.45, 7) is 5.07. The molecule has 0 unspecified atom stereocenters. The van der Waals surface area contributed by atoms with Crippen LogP contribution in [0.1, 0.15) is 37.1 Å². The zero-order valence-electron chi connectivity index (χ0n) is 16.7. The summed E-state index contributed by atoms with van der Waals surface area (Å²) in [4.78, 5) is 21.4. The Morgan fingerprint density at radius 1 is 1.21 bits per heavy atom. The number of oxazole rings is 1. The standard InChI is InChI=1S/C23H26FN3O2/c1-2-27(15-17-6-5-7-19(24)14-17)22(28)16-26-12-10-18(11-13-26)23-25-20-8-3-4-9-21(20)29-23/h3-9,14,18H,2,10-13,15-16H2,1H3. The molecule has 0 atom stereocenters. The van der Waals surface area contributed by atoms with Gasteiger partial charge in [-0.3, -0.25) is 9.69 Å². The van der Waals surface area contributed by atoms with Gasteiger partial charge in [-0.05, 0) is 62.7 Å². The summed E-state index contributed by atoms with van der Waals surface area (Å²) in [5, 5.41) is 0. The van der Waals surface area contributed by atoms with Crippen molar-refractivity contribution in [3.63, 3.8) is 0 Å². The molecule has 0 bridgehead atoms. The van der Waals surface area contributed by atoms with E-state index in [2.05, 4.69) is 9.88 Å². The molecule has 29 heavy (non-hydrogen) atoms. The highest BCUT2D eigenvalue weighted by atomic mass is 19.1. The molecule has 0 N–H and O–H groups in total. The highest BCUT2D eigenvalue weighted by molar-refractivity contribution is 5.78. The Kier molecular flexibility index (Phi) is 5.90. The maximum atomic E-state index is 13.4. The number of rotatable bonds is 6. The van der Waals surface area contributed by atoms with Crippen molar-refractivity contribution in [1.29, 1.82) is 0 Å². The molecule has 1 aliphatic heterocycles. The predicted octanol–water partition coefficient (Wildman–Crippen LogP) is 4.20. The third-order valence-corrected chi connectivity index (χ3v) is 5.60. The average molecular weight is 395 g/mol. The van der Waals surface area contributed by atoms with Gasteiger partial charge in [-0.15, -0.1) is 0 Å². The minimum absolute atomic E-state index is 0.0806. The summed E-state index contributed by atoms with van der Waals surface area (Å²) in [5.41, 5.74) is 2.54. The maximum Gasteiger partial charge on any atom is 0.237 e. The van der Waals surface area contributed by atoms with Crippen LogP contribution in [0.15, 0.2) is 52.9 Å². The molecule has 0 saturated carbocycles. The fourth-order valence-corrected chi connectivity index (χ4v) is 3.93. The van der Waals surface area contributed by atoms with Gasteiger partial charge in [-0.1, -0.05) is 24.3 Å². The normalized spacial score (nSPS) is 15.7. The number of likely N-dealkylation sites (tertiary alicyclic amines) is 1. The minimum atomic E-state index is -0.271. The van der Waals surface area contributed by atoms with Gasteiger partial charge >= 0.3 is 0 Å². The van der Waals surface area contributed by atoms with E-state index in [1.165, 1.54) is 12.1 Å². The van der Waals surface area contributed by atoms with Crippen molar-refractivity contribution in [1.82, 2.24) is 14.8 Å². The fraction of sp³-hybridized carbons (Fsp3) is 0.391. The quantitative estimate of drug-likeness (QED) is 0.628. The van der Waals surface area contributed by atoms with E-state index in [0.717, 1.165) is 48.5 Å². The summed E-state index contributed by atoms with van der Waals surface area (Å²) in [6.07, 6.45) is 1.85. The van der Waals surface area contributed by atoms with E-state index in [1.807, 2.05) is 37.3 Å². The number of likely N-dealkylation sites (N-methyl/N-ethyl adjacent to an activating group) is 1. The summed E-state index contributed by atoms with van der Waals surface area (Å²) in [7, 11) is 0. The van der Waals surface area contributed by atoms with Crippen LogP contribution in [0.3, 0.4) is 0 Å². The van der Waals surface area contributed by atoms with Gasteiger partial charge in [0, 0.05) is 19.0 Å². The van der Waals surface area contributed by atoms with E-state index >= 15 is 0 Å². The smallest absolute Gasteiger partial charge is 0.237 e. The second-order valence-electron chi connectivity index (χ2n) is 7.61. The van der Waals surface area contributed by atoms with Crippen molar-refractivity contribution in [3.8, 4) is 0 Å². The number of nitrogens with zero attached hydrogens (tertiary/aromatic N) is 3. The molecule has 1 saturated heterocycles. The molecule has 6 heteroatoms. The molecule has 3 aromatic rings. The Labute approximate surface area is 170 Å². The van der Waals surface area contributed by atoms with Crippen molar-refractivity contribution >= 4 is 17.0 Å². The minimum Gasteiger partial charge on any atom is -0.440 e. The summed E-state index contributed by atoms with van der Waals surface area (Å²) >= 11 is 0. The fourth-order valence-electron chi connectivity index (χ4n) is 3.93. The number of hydrogen-bond acceptors (Lipinski definition) is 4. The molecule has 0 spiro atoms. The average Bonchev–Trinajstić information content (AvgIpc) is 3.17. The number of hydrogen-bond donors (Lipinski definition) is 0. The molecule has 1 amide bonds. The van der Waals surface area contributed by atoms with Crippen LogP contribution in [-0.2, 0) is 11.3 Å². The molecule has 1 aliphatic rings. The Balaban J connectivity index is 1.31. The number of carbonyl (C=O) groups is 1. The second-order valence-corrected chi connectivity index (χ2v) is 7.61. The molecule has 5 nitrogen and oxygen atoms in total. The molecule has 1 aromatic heterocycles. The highest BCUT2D eigenvalue weighted by Crippen LogP contribution is 2.29. The van der Waals surface area contributed by atoms with Crippen molar-refractivity contribution < 1.29 is 13.6 Å². The van der Waals surface area contributed by atoms with Gasteiger partial charge in [0.2, 0.25) is 5.91 Å². The second kappa shape index (κ2) is 8.74. The Morgan fingerprint density at radius 2 is 2.00 bits per heavy atom. The van der Waals surface area contributed by atoms with Crippen LogP contribution in [0.4, 0.5) is 4.39 Å². The zero-order valence-corrected chi connectivity index (χ0v) is 16.7. The topological polar surface area (TPSA) is 49.6 Å². The first-order chi connectivity index (χ1) is 14.1. The lowest BCUT2D eigenvalue weighted by molar-refractivity contribution is -0.133. The Morgan fingerprint density at radius 3 is 2.72 bits per heavy atom. The molecule has 1 fully saturated rings. The summed E-state index contributed by atoms with van der Waals surface area (Å²) < 4.78 is 19.3. The van der Waals surface area contributed by atoms with E-state index < -0.39 is 0 Å². The van der Waals surface area contributed by atoms with Crippen molar-refractivity contribution in [2.24, 2.45) is 0 Å². The Bertz CT molecular complexity index is 946. The highest BCUT2D eigenvalue weighted by Gasteiger charge is 2.26. The van der Waals surface area contributed by atoms with Gasteiger partial charge in [0.1, 0.15) is 11.3 Å². The first-order valence-corrected chi connectivity index (χ1v) is 10.2. The van der Waals surface area contributed by atoms with Crippen LogP contribution < -0.4 is 0 Å². The number of fused-ring (bicyclic) bond motifs is 1. The summed E-state index contributed by atoms with van der Waals surface area (Å²) in [5.74, 6) is 0.908. The number of amides is 1. The third-order valence-electron chi connectivity index (χ3n) is 5.60. The Hall–Kier alpha value is -2.73. The summed E-state index contributed by atoms with van der Waals surface area (Å²) in [6, 6.07) is 14.3. The SMILES string of the molecule is CCN(Cc1cccc(F)c1)C(=O)CN1CCC(c2nc3ccccc3o2)CC1.